The van der Waals surface area contributed by atoms with Gasteiger partial charge in [0.2, 0.25) is 0 Å². The van der Waals surface area contributed by atoms with Crippen LogP contribution in [0, 0.1) is 19.7 Å². The first-order valence-corrected chi connectivity index (χ1v) is 10.3. The van der Waals surface area contributed by atoms with Crippen LogP contribution in [-0.2, 0) is 11.3 Å². The highest BCUT2D eigenvalue weighted by atomic mass is 19.1. The zero-order valence-electron chi connectivity index (χ0n) is 18.2. The molecule has 0 unspecified atom stereocenters. The Morgan fingerprint density at radius 3 is 2.23 bits per heavy atom. The fourth-order valence-electron chi connectivity index (χ4n) is 3.90. The van der Waals surface area contributed by atoms with E-state index in [1.54, 1.807) is 33.3 Å². The highest BCUT2D eigenvalue weighted by molar-refractivity contribution is 5.91. The Kier molecular flexibility index (Phi) is 7.29. The summed E-state index contributed by atoms with van der Waals surface area (Å²) in [6.45, 7) is 8.97. The van der Waals surface area contributed by atoms with Crippen molar-refractivity contribution in [3.05, 3.63) is 52.8 Å². The van der Waals surface area contributed by atoms with Gasteiger partial charge in [-0.1, -0.05) is 6.07 Å². The molecule has 1 saturated heterocycles. The van der Waals surface area contributed by atoms with Crippen molar-refractivity contribution in [2.45, 2.75) is 20.4 Å². The second kappa shape index (κ2) is 9.91. The molecule has 1 fully saturated rings. The summed E-state index contributed by atoms with van der Waals surface area (Å²) in [4.78, 5) is 15.1. The Hall–Kier alpha value is -2.64. The molecule has 6 nitrogen and oxygen atoms in total. The van der Waals surface area contributed by atoms with Gasteiger partial charge < -0.3 is 24.6 Å². The third-order valence-corrected chi connectivity index (χ3v) is 5.81. The maximum atomic E-state index is 13.7. The predicted octanol–water partition coefficient (Wildman–Crippen LogP) is 0.382. The molecular weight excluding hydrogens is 385 g/mol. The average molecular weight is 418 g/mol. The monoisotopic (exact) mass is 417 g/mol. The zero-order valence-corrected chi connectivity index (χ0v) is 18.2. The second-order valence-corrected chi connectivity index (χ2v) is 8.00. The Labute approximate surface area is 177 Å². The number of methoxy groups -OCH3 is 2. The van der Waals surface area contributed by atoms with Crippen LogP contribution >= 0.6 is 0 Å². The van der Waals surface area contributed by atoms with E-state index >= 15 is 0 Å². The number of carbonyl (C=O) groups excluding carboxylic acids is 1. The fraction of sp³-hybridized carbons (Fsp3) is 0.435. The van der Waals surface area contributed by atoms with Crippen molar-refractivity contribution >= 4 is 11.6 Å². The molecule has 162 valence electrons. The van der Waals surface area contributed by atoms with Crippen molar-refractivity contribution in [1.29, 1.82) is 0 Å². The van der Waals surface area contributed by atoms with Gasteiger partial charge in [-0.05, 0) is 49.2 Å². The van der Waals surface area contributed by atoms with Crippen LogP contribution in [0.25, 0.3) is 0 Å². The topological polar surface area (TPSA) is 56.4 Å². The zero-order chi connectivity index (χ0) is 21.7. The van der Waals surface area contributed by atoms with Crippen molar-refractivity contribution in [1.82, 2.24) is 0 Å². The molecule has 3 N–H and O–H groups in total. The van der Waals surface area contributed by atoms with Crippen LogP contribution in [0.15, 0.2) is 30.3 Å². The van der Waals surface area contributed by atoms with Crippen LogP contribution in [0.3, 0.4) is 0 Å². The van der Waals surface area contributed by atoms with Gasteiger partial charge in [-0.15, -0.1) is 0 Å². The summed E-state index contributed by atoms with van der Waals surface area (Å²) in [7, 11) is 3.30. The van der Waals surface area contributed by atoms with Crippen LogP contribution in [0.2, 0.25) is 0 Å². The third-order valence-electron chi connectivity index (χ3n) is 5.81. The van der Waals surface area contributed by atoms with Crippen molar-refractivity contribution in [2.24, 2.45) is 0 Å². The number of nitrogens with one attached hydrogen (secondary N) is 3. The van der Waals surface area contributed by atoms with Crippen LogP contribution in [0.1, 0.15) is 16.7 Å². The van der Waals surface area contributed by atoms with E-state index in [-0.39, 0.29) is 11.7 Å². The second-order valence-electron chi connectivity index (χ2n) is 8.00. The minimum atomic E-state index is -0.303. The molecule has 0 aromatic heterocycles. The number of anilines is 1. The normalized spacial score (nSPS) is 18.7. The van der Waals surface area contributed by atoms with Gasteiger partial charge in [-0.2, -0.15) is 0 Å². The molecule has 0 bridgehead atoms. The number of hydrogen-bond donors (Lipinski definition) is 3. The third kappa shape index (κ3) is 5.49. The Morgan fingerprint density at radius 1 is 0.967 bits per heavy atom. The molecule has 0 atom stereocenters. The van der Waals surface area contributed by atoms with E-state index in [9.17, 15) is 9.18 Å². The van der Waals surface area contributed by atoms with Crippen molar-refractivity contribution in [3.8, 4) is 11.5 Å². The largest absolute Gasteiger partial charge is 0.493 e. The van der Waals surface area contributed by atoms with Crippen molar-refractivity contribution in [2.75, 3.05) is 52.3 Å². The molecule has 1 amide bonds. The van der Waals surface area contributed by atoms with E-state index in [1.807, 2.05) is 6.07 Å². The average Bonchev–Trinajstić information content (AvgIpc) is 2.73. The summed E-state index contributed by atoms with van der Waals surface area (Å²) in [6.07, 6.45) is 0. The van der Waals surface area contributed by atoms with Crippen LogP contribution in [0.5, 0.6) is 11.5 Å². The lowest BCUT2D eigenvalue weighted by atomic mass is 10.1. The number of ether oxygens (including phenoxy) is 2. The van der Waals surface area contributed by atoms with Gasteiger partial charge in [0, 0.05) is 11.3 Å². The van der Waals surface area contributed by atoms with Gasteiger partial charge >= 0.3 is 0 Å². The molecule has 1 heterocycles. The molecule has 3 rings (SSSR count). The molecule has 0 radical (unpaired) electrons. The van der Waals surface area contributed by atoms with Gasteiger partial charge in [0.1, 0.15) is 38.5 Å². The molecule has 0 aliphatic carbocycles. The summed E-state index contributed by atoms with van der Waals surface area (Å²) in [5.74, 6) is 1.13. The van der Waals surface area contributed by atoms with Crippen LogP contribution < -0.4 is 24.6 Å². The quantitative estimate of drug-likeness (QED) is 0.611. The molecule has 1 aliphatic heterocycles. The van der Waals surface area contributed by atoms with E-state index in [4.69, 9.17) is 9.47 Å². The number of rotatable bonds is 7. The van der Waals surface area contributed by atoms with E-state index in [1.165, 1.54) is 27.0 Å². The molecule has 1 aliphatic rings. The minimum Gasteiger partial charge on any atom is -0.493 e. The Bertz CT molecular complexity index is 896. The summed E-state index contributed by atoms with van der Waals surface area (Å²) >= 11 is 0. The number of benzene rings is 2. The number of hydrogen-bond acceptors (Lipinski definition) is 3. The predicted molar refractivity (Wildman–Crippen MR) is 114 cm³/mol. The first-order valence-electron chi connectivity index (χ1n) is 10.3. The highest BCUT2D eigenvalue weighted by Gasteiger charge is 2.25. The number of aryl methyl sites for hydroxylation is 2. The molecule has 0 spiro atoms. The Morgan fingerprint density at radius 2 is 1.60 bits per heavy atom. The molecule has 2 aromatic carbocycles. The maximum Gasteiger partial charge on any atom is 0.279 e. The van der Waals surface area contributed by atoms with Gasteiger partial charge in [0.25, 0.3) is 5.91 Å². The van der Waals surface area contributed by atoms with E-state index in [0.29, 0.717) is 17.8 Å². The number of piperazine rings is 1. The fourth-order valence-corrected chi connectivity index (χ4v) is 3.90. The lowest BCUT2D eigenvalue weighted by molar-refractivity contribution is -1.02. The number of amides is 1. The lowest BCUT2D eigenvalue weighted by Crippen LogP contribution is -3.28. The van der Waals surface area contributed by atoms with E-state index in [2.05, 4.69) is 18.3 Å². The van der Waals surface area contributed by atoms with Crippen LogP contribution in [-0.4, -0.2) is 52.9 Å². The minimum absolute atomic E-state index is 0.0764. The standard InChI is InChI=1S/C23H30FN3O3/c1-16-5-6-19(13-20(16)24)25-23(28)15-27-9-7-26(8-10-27)14-18-12-22(30-4)21(29-3)11-17(18)2/h5-6,11-13H,7-10,14-15H2,1-4H3,(H,25,28)/p+2. The summed E-state index contributed by atoms with van der Waals surface area (Å²) in [5.41, 5.74) is 3.53. The number of quaternary nitrogens is 2. The molecule has 7 heteroatoms. The van der Waals surface area contributed by atoms with E-state index < -0.39 is 0 Å². The summed E-state index contributed by atoms with van der Waals surface area (Å²) < 4.78 is 24.5. The molecular formula is C23H32FN3O3+2. The SMILES string of the molecule is COc1cc(C)c(C[NH+]2CC[NH+](CC(=O)Nc3ccc(C)c(F)c3)CC2)cc1OC. The molecule has 0 saturated carbocycles. The van der Waals surface area contributed by atoms with Gasteiger partial charge in [-0.3, -0.25) is 4.79 Å². The summed E-state index contributed by atoms with van der Waals surface area (Å²) in [5, 5.41) is 2.81. The van der Waals surface area contributed by atoms with Crippen LogP contribution in [0.4, 0.5) is 10.1 Å². The maximum absolute atomic E-state index is 13.7. The summed E-state index contributed by atoms with van der Waals surface area (Å²) in [6, 6.07) is 8.87. The first kappa shape index (κ1) is 22.1. The smallest absolute Gasteiger partial charge is 0.279 e. The first-order chi connectivity index (χ1) is 14.4. The number of carbonyl (C=O) groups is 1. The van der Waals surface area contributed by atoms with Gasteiger partial charge in [-0.25, -0.2) is 4.39 Å². The molecule has 2 aromatic rings. The lowest BCUT2D eigenvalue weighted by Gasteiger charge is -2.29. The highest BCUT2D eigenvalue weighted by Crippen LogP contribution is 2.29. The van der Waals surface area contributed by atoms with E-state index in [0.717, 1.165) is 44.2 Å². The van der Waals surface area contributed by atoms with Gasteiger partial charge in [0.05, 0.1) is 14.2 Å². The van der Waals surface area contributed by atoms with Crippen molar-refractivity contribution < 1.29 is 28.5 Å². The number of halogens is 1. The Balaban J connectivity index is 1.50. The molecule has 30 heavy (non-hydrogen) atoms. The van der Waals surface area contributed by atoms with Gasteiger partial charge in [0.15, 0.2) is 18.0 Å². The van der Waals surface area contributed by atoms with Crippen molar-refractivity contribution in [3.63, 3.8) is 0 Å².